The molecule has 3 aromatic rings. The van der Waals surface area contributed by atoms with Gasteiger partial charge in [-0.15, -0.1) is 0 Å². The van der Waals surface area contributed by atoms with E-state index in [2.05, 4.69) is 5.32 Å². The van der Waals surface area contributed by atoms with E-state index >= 15 is 0 Å². The molecule has 0 aliphatic carbocycles. The zero-order valence-electron chi connectivity index (χ0n) is 18.8. The highest BCUT2D eigenvalue weighted by Crippen LogP contribution is 2.18. The van der Waals surface area contributed by atoms with Gasteiger partial charge in [-0.2, -0.15) is 0 Å². The lowest BCUT2D eigenvalue weighted by Crippen LogP contribution is -2.32. The second-order valence-electron chi connectivity index (χ2n) is 7.56. The Morgan fingerprint density at radius 1 is 1.03 bits per heavy atom. The number of nitrogens with two attached hydrogens (primary N) is 1. The van der Waals surface area contributed by atoms with Crippen molar-refractivity contribution in [2.75, 3.05) is 25.5 Å². The molecule has 9 nitrogen and oxygen atoms in total. The average molecular weight is 463 g/mol. The van der Waals surface area contributed by atoms with Gasteiger partial charge >= 0.3 is 0 Å². The Labute approximate surface area is 197 Å². The summed E-state index contributed by atoms with van der Waals surface area (Å²) in [5.41, 5.74) is 7.81. The van der Waals surface area contributed by atoms with E-state index in [1.807, 2.05) is 6.07 Å². The molecule has 0 bridgehead atoms. The summed E-state index contributed by atoms with van der Waals surface area (Å²) in [4.78, 5) is 37.6. The van der Waals surface area contributed by atoms with Crippen LogP contribution >= 0.6 is 0 Å². The fourth-order valence-electron chi connectivity index (χ4n) is 3.36. The summed E-state index contributed by atoms with van der Waals surface area (Å²) >= 11 is 0. The summed E-state index contributed by atoms with van der Waals surface area (Å²) < 4.78 is 5.16. The molecule has 3 N–H and O–H groups in total. The van der Waals surface area contributed by atoms with Gasteiger partial charge in [0.2, 0.25) is 0 Å². The number of anilines is 1. The number of carbonyl (C=O) groups excluding carboxylic acids is 2. The maximum absolute atomic E-state index is 13.1. The van der Waals surface area contributed by atoms with Crippen LogP contribution in [-0.2, 0) is 6.54 Å². The maximum atomic E-state index is 13.1. The molecule has 3 rings (SSSR count). The second kappa shape index (κ2) is 11.6. The Morgan fingerprint density at radius 2 is 1.71 bits per heavy atom. The van der Waals surface area contributed by atoms with Crippen LogP contribution in [0.2, 0.25) is 0 Å². The first-order valence-electron chi connectivity index (χ1n) is 10.7. The first kappa shape index (κ1) is 24.4. The third kappa shape index (κ3) is 6.39. The molecule has 0 aliphatic heterocycles. The molecular weight excluding hydrogens is 436 g/mol. The summed E-state index contributed by atoms with van der Waals surface area (Å²) in [6, 6.07) is 19.5. The molecule has 176 valence electrons. The fourth-order valence-corrected chi connectivity index (χ4v) is 3.36. The number of nitro groups is 1. The van der Waals surface area contributed by atoms with Gasteiger partial charge in [-0.25, -0.2) is 0 Å². The smallest absolute Gasteiger partial charge is 0.269 e. The number of nitro benzene ring substituents is 1. The molecule has 2 amide bonds. The number of rotatable bonds is 10. The minimum absolute atomic E-state index is 0.0855. The third-order valence-corrected chi connectivity index (χ3v) is 5.15. The topological polar surface area (TPSA) is 128 Å². The molecule has 34 heavy (non-hydrogen) atoms. The highest BCUT2D eigenvalue weighted by Gasteiger charge is 2.17. The van der Waals surface area contributed by atoms with E-state index < -0.39 is 4.92 Å². The number of carbonyl (C=O) groups is 2. The Balaban J connectivity index is 1.73. The van der Waals surface area contributed by atoms with Crippen LogP contribution in [0.4, 0.5) is 11.4 Å². The minimum atomic E-state index is -0.519. The van der Waals surface area contributed by atoms with Gasteiger partial charge in [-0.3, -0.25) is 19.7 Å². The number of nitrogens with one attached hydrogen (secondary N) is 1. The SMILES string of the molecule is COc1ccc(C(=O)N(CCCN)Cc2cccc(NC(=O)c3ccc([N+](=O)[O-])cc3)c2)cc1. The van der Waals surface area contributed by atoms with Gasteiger partial charge in [0, 0.05) is 42.0 Å². The standard InChI is InChI=1S/C25H26N4O5/c1-34-23-12-8-20(9-13-23)25(31)28(15-3-14-26)17-18-4-2-5-21(16-18)27-24(30)19-6-10-22(11-7-19)29(32)33/h2,4-13,16H,3,14-15,17,26H2,1H3,(H,27,30). The van der Waals surface area contributed by atoms with Crippen molar-refractivity contribution in [3.8, 4) is 5.75 Å². The van der Waals surface area contributed by atoms with Gasteiger partial charge in [0.15, 0.2) is 0 Å². The summed E-state index contributed by atoms with van der Waals surface area (Å²) in [6.07, 6.45) is 0.651. The largest absolute Gasteiger partial charge is 0.497 e. The predicted octanol–water partition coefficient (Wildman–Crippen LogP) is 3.85. The van der Waals surface area contributed by atoms with Crippen molar-refractivity contribution >= 4 is 23.2 Å². The van der Waals surface area contributed by atoms with Gasteiger partial charge in [-0.05, 0) is 67.1 Å². The number of non-ortho nitro benzene ring substituents is 1. The van der Waals surface area contributed by atoms with Crippen LogP contribution in [0.5, 0.6) is 5.75 Å². The molecule has 0 saturated heterocycles. The highest BCUT2D eigenvalue weighted by atomic mass is 16.6. The Kier molecular flexibility index (Phi) is 8.31. The number of hydrogen-bond acceptors (Lipinski definition) is 6. The predicted molar refractivity (Wildman–Crippen MR) is 129 cm³/mol. The quantitative estimate of drug-likeness (QED) is 0.348. The average Bonchev–Trinajstić information content (AvgIpc) is 2.86. The van der Waals surface area contributed by atoms with Gasteiger partial charge < -0.3 is 20.7 Å². The van der Waals surface area contributed by atoms with E-state index in [0.717, 1.165) is 5.56 Å². The van der Waals surface area contributed by atoms with Crippen molar-refractivity contribution in [2.45, 2.75) is 13.0 Å². The lowest BCUT2D eigenvalue weighted by atomic mass is 10.1. The molecule has 0 radical (unpaired) electrons. The van der Waals surface area contributed by atoms with Crippen LogP contribution in [-0.4, -0.2) is 41.8 Å². The van der Waals surface area contributed by atoms with Crippen LogP contribution in [0, 0.1) is 10.1 Å². The van der Waals surface area contributed by atoms with Crippen molar-refractivity contribution in [1.29, 1.82) is 0 Å². The van der Waals surface area contributed by atoms with Crippen molar-refractivity contribution in [2.24, 2.45) is 5.73 Å². The number of amides is 2. The van der Waals surface area contributed by atoms with E-state index in [1.165, 1.54) is 24.3 Å². The van der Waals surface area contributed by atoms with Crippen LogP contribution in [0.15, 0.2) is 72.8 Å². The van der Waals surface area contributed by atoms with Gasteiger partial charge in [-0.1, -0.05) is 12.1 Å². The Bertz CT molecular complexity index is 1150. The molecule has 9 heteroatoms. The maximum Gasteiger partial charge on any atom is 0.269 e. The summed E-state index contributed by atoms with van der Waals surface area (Å²) in [5, 5.41) is 13.6. The van der Waals surface area contributed by atoms with Crippen molar-refractivity contribution in [3.05, 3.63) is 99.6 Å². The first-order valence-corrected chi connectivity index (χ1v) is 10.7. The number of nitrogens with zero attached hydrogens (tertiary/aromatic N) is 2. The lowest BCUT2D eigenvalue weighted by molar-refractivity contribution is -0.384. The summed E-state index contributed by atoms with van der Waals surface area (Å²) in [6.45, 7) is 1.28. The van der Waals surface area contributed by atoms with Crippen molar-refractivity contribution in [3.63, 3.8) is 0 Å². The number of hydrogen-bond donors (Lipinski definition) is 2. The molecule has 0 spiro atoms. The highest BCUT2D eigenvalue weighted by molar-refractivity contribution is 6.04. The Morgan fingerprint density at radius 3 is 2.32 bits per heavy atom. The van der Waals surface area contributed by atoms with Gasteiger partial charge in [0.05, 0.1) is 12.0 Å². The van der Waals surface area contributed by atoms with E-state index in [4.69, 9.17) is 10.5 Å². The molecule has 0 saturated carbocycles. The van der Waals surface area contributed by atoms with E-state index in [-0.39, 0.29) is 17.5 Å². The van der Waals surface area contributed by atoms with Gasteiger partial charge in [0.25, 0.3) is 17.5 Å². The monoisotopic (exact) mass is 462 g/mol. The molecular formula is C25H26N4O5. The van der Waals surface area contributed by atoms with E-state index in [9.17, 15) is 19.7 Å². The zero-order valence-corrected chi connectivity index (χ0v) is 18.8. The number of ether oxygens (including phenoxy) is 1. The minimum Gasteiger partial charge on any atom is -0.497 e. The van der Waals surface area contributed by atoms with Crippen LogP contribution in [0.25, 0.3) is 0 Å². The number of methoxy groups -OCH3 is 1. The van der Waals surface area contributed by atoms with Crippen LogP contribution < -0.4 is 15.8 Å². The van der Waals surface area contributed by atoms with Crippen molar-refractivity contribution < 1.29 is 19.2 Å². The molecule has 3 aromatic carbocycles. The molecule has 0 unspecified atom stereocenters. The normalized spacial score (nSPS) is 10.4. The van der Waals surface area contributed by atoms with E-state index in [0.29, 0.717) is 48.6 Å². The second-order valence-corrected chi connectivity index (χ2v) is 7.56. The molecule has 0 heterocycles. The fraction of sp³-hybridized carbons (Fsp3) is 0.200. The first-order chi connectivity index (χ1) is 16.4. The molecule has 0 atom stereocenters. The van der Waals surface area contributed by atoms with Crippen molar-refractivity contribution in [1.82, 2.24) is 4.90 Å². The Hall–Kier alpha value is -4.24. The molecule has 0 fully saturated rings. The summed E-state index contributed by atoms with van der Waals surface area (Å²) in [7, 11) is 1.57. The number of benzene rings is 3. The molecule has 0 aromatic heterocycles. The van der Waals surface area contributed by atoms with Crippen LogP contribution in [0.1, 0.15) is 32.7 Å². The molecule has 0 aliphatic rings. The van der Waals surface area contributed by atoms with E-state index in [1.54, 1.807) is 54.5 Å². The van der Waals surface area contributed by atoms with Gasteiger partial charge in [0.1, 0.15) is 5.75 Å². The lowest BCUT2D eigenvalue weighted by Gasteiger charge is -2.23. The zero-order chi connectivity index (χ0) is 24.5. The van der Waals surface area contributed by atoms with Crippen LogP contribution in [0.3, 0.4) is 0 Å². The summed E-state index contributed by atoms with van der Waals surface area (Å²) in [5.74, 6) is 0.152. The third-order valence-electron chi connectivity index (χ3n) is 5.15.